The van der Waals surface area contributed by atoms with Crippen molar-refractivity contribution >= 4 is 40.5 Å². The average molecular weight is 503 g/mol. The highest BCUT2D eigenvalue weighted by Crippen LogP contribution is 2.42. The Morgan fingerprint density at radius 1 is 1.12 bits per heavy atom. The lowest BCUT2D eigenvalue weighted by Gasteiger charge is -2.28. The summed E-state index contributed by atoms with van der Waals surface area (Å²) in [7, 11) is 4.19. The molecule has 174 valence electrons. The summed E-state index contributed by atoms with van der Waals surface area (Å²) >= 11 is 18.8. The van der Waals surface area contributed by atoms with Gasteiger partial charge < -0.3 is 19.7 Å². The van der Waals surface area contributed by atoms with E-state index in [4.69, 9.17) is 35.4 Å². The summed E-state index contributed by atoms with van der Waals surface area (Å²) in [6.45, 7) is 6.09. The molecule has 1 fully saturated rings. The van der Waals surface area contributed by atoms with Gasteiger partial charge >= 0.3 is 0 Å². The van der Waals surface area contributed by atoms with Crippen molar-refractivity contribution in [3.63, 3.8) is 0 Å². The van der Waals surface area contributed by atoms with E-state index in [0.717, 1.165) is 47.4 Å². The SMILES string of the molecule is Cc1cc([C@@H]2[C@@H](c3ccccn3)NC(=S)N2CCCN(C)C)c(C)n1-c1cccc(Cl)c1Cl. The topological polar surface area (TPSA) is 36.3 Å². The third-order valence-electron chi connectivity index (χ3n) is 6.16. The van der Waals surface area contributed by atoms with Gasteiger partial charge in [0.05, 0.1) is 33.5 Å². The van der Waals surface area contributed by atoms with E-state index in [1.54, 1.807) is 0 Å². The van der Waals surface area contributed by atoms with Crippen LogP contribution in [0.15, 0.2) is 48.7 Å². The Balaban J connectivity index is 1.80. The van der Waals surface area contributed by atoms with Gasteiger partial charge in [-0.2, -0.15) is 0 Å². The second-order valence-corrected chi connectivity index (χ2v) is 9.88. The fraction of sp³-hybridized carbons (Fsp3) is 0.360. The first-order chi connectivity index (χ1) is 15.8. The monoisotopic (exact) mass is 501 g/mol. The fourth-order valence-electron chi connectivity index (χ4n) is 4.66. The number of hydrogen-bond donors (Lipinski definition) is 1. The molecule has 0 saturated carbocycles. The summed E-state index contributed by atoms with van der Waals surface area (Å²) in [5.41, 5.74) is 5.28. The van der Waals surface area contributed by atoms with Crippen LogP contribution in [0.1, 0.15) is 41.1 Å². The maximum absolute atomic E-state index is 6.60. The van der Waals surface area contributed by atoms with Crippen molar-refractivity contribution in [3.8, 4) is 5.69 Å². The first-order valence-corrected chi connectivity index (χ1v) is 12.2. The fourth-order valence-corrected chi connectivity index (χ4v) is 5.38. The van der Waals surface area contributed by atoms with Gasteiger partial charge in [-0.15, -0.1) is 0 Å². The Morgan fingerprint density at radius 2 is 1.91 bits per heavy atom. The van der Waals surface area contributed by atoms with Gasteiger partial charge in [-0.25, -0.2) is 0 Å². The molecule has 2 aromatic heterocycles. The van der Waals surface area contributed by atoms with E-state index < -0.39 is 0 Å². The highest BCUT2D eigenvalue weighted by molar-refractivity contribution is 7.80. The van der Waals surface area contributed by atoms with Gasteiger partial charge in [0.2, 0.25) is 0 Å². The van der Waals surface area contributed by atoms with Crippen LogP contribution >= 0.6 is 35.4 Å². The van der Waals surface area contributed by atoms with E-state index >= 15 is 0 Å². The first kappa shape index (κ1) is 24.0. The highest BCUT2D eigenvalue weighted by atomic mass is 35.5. The Morgan fingerprint density at radius 3 is 2.61 bits per heavy atom. The summed E-state index contributed by atoms with van der Waals surface area (Å²) < 4.78 is 2.18. The average Bonchev–Trinajstić information content (AvgIpc) is 3.26. The number of benzene rings is 1. The maximum atomic E-state index is 6.60. The minimum absolute atomic E-state index is 0.0208. The van der Waals surface area contributed by atoms with Gasteiger partial charge in [0.1, 0.15) is 0 Å². The first-order valence-electron chi connectivity index (χ1n) is 11.1. The van der Waals surface area contributed by atoms with E-state index in [-0.39, 0.29) is 12.1 Å². The van der Waals surface area contributed by atoms with Gasteiger partial charge in [0.15, 0.2) is 5.11 Å². The maximum Gasteiger partial charge on any atom is 0.170 e. The molecule has 5 nitrogen and oxygen atoms in total. The molecule has 0 radical (unpaired) electrons. The molecule has 0 aliphatic carbocycles. The molecule has 8 heteroatoms. The molecule has 33 heavy (non-hydrogen) atoms. The summed E-state index contributed by atoms with van der Waals surface area (Å²) in [6.07, 6.45) is 2.85. The van der Waals surface area contributed by atoms with Crippen molar-refractivity contribution in [3.05, 3.63) is 81.4 Å². The molecule has 1 saturated heterocycles. The number of rotatable bonds is 7. The largest absolute Gasteiger partial charge is 0.352 e. The smallest absolute Gasteiger partial charge is 0.170 e. The van der Waals surface area contributed by atoms with E-state index in [0.29, 0.717) is 10.0 Å². The normalized spacial score (nSPS) is 18.3. The van der Waals surface area contributed by atoms with Crippen LogP contribution in [0.2, 0.25) is 10.0 Å². The van der Waals surface area contributed by atoms with Gasteiger partial charge in [0.25, 0.3) is 0 Å². The predicted molar refractivity (Wildman–Crippen MR) is 141 cm³/mol. The van der Waals surface area contributed by atoms with Gasteiger partial charge in [-0.3, -0.25) is 4.98 Å². The Kier molecular flexibility index (Phi) is 7.29. The number of hydrogen-bond acceptors (Lipinski definition) is 3. The quantitative estimate of drug-likeness (QED) is 0.419. The molecule has 1 aromatic carbocycles. The van der Waals surface area contributed by atoms with Crippen LogP contribution in [-0.4, -0.2) is 51.6 Å². The molecule has 1 aliphatic heterocycles. The summed E-state index contributed by atoms with van der Waals surface area (Å²) in [6, 6.07) is 14.0. The lowest BCUT2D eigenvalue weighted by molar-refractivity contribution is 0.292. The van der Waals surface area contributed by atoms with Crippen LogP contribution in [0, 0.1) is 13.8 Å². The minimum Gasteiger partial charge on any atom is -0.352 e. The van der Waals surface area contributed by atoms with Crippen LogP contribution in [0.5, 0.6) is 0 Å². The third-order valence-corrected chi connectivity index (χ3v) is 7.32. The van der Waals surface area contributed by atoms with Crippen molar-refractivity contribution in [2.24, 2.45) is 0 Å². The van der Waals surface area contributed by atoms with Crippen LogP contribution in [0.4, 0.5) is 0 Å². The number of thiocarbonyl (C=S) groups is 1. The molecule has 4 rings (SSSR count). The zero-order valence-electron chi connectivity index (χ0n) is 19.3. The van der Waals surface area contributed by atoms with Crippen LogP contribution < -0.4 is 5.32 Å². The van der Waals surface area contributed by atoms with E-state index in [9.17, 15) is 0 Å². The molecule has 3 heterocycles. The molecular weight excluding hydrogens is 473 g/mol. The van der Waals surface area contributed by atoms with E-state index in [2.05, 4.69) is 64.7 Å². The molecule has 0 bridgehead atoms. The molecule has 0 amide bonds. The Labute approximate surface area is 211 Å². The molecule has 2 atom stereocenters. The molecule has 1 aliphatic rings. The Bertz CT molecular complexity index is 1150. The predicted octanol–water partition coefficient (Wildman–Crippen LogP) is 5.72. The number of aromatic nitrogens is 2. The summed E-state index contributed by atoms with van der Waals surface area (Å²) in [4.78, 5) is 9.16. The Hall–Kier alpha value is -2.12. The summed E-state index contributed by atoms with van der Waals surface area (Å²) in [5, 5.41) is 5.41. The van der Waals surface area contributed by atoms with Crippen molar-refractivity contribution in [1.29, 1.82) is 0 Å². The van der Waals surface area contributed by atoms with E-state index in [1.807, 2.05) is 36.5 Å². The molecule has 3 aromatic rings. The number of aryl methyl sites for hydroxylation is 1. The molecule has 0 spiro atoms. The molecular formula is C25H29Cl2N5S. The highest BCUT2D eigenvalue weighted by Gasteiger charge is 2.41. The van der Waals surface area contributed by atoms with Crippen LogP contribution in [-0.2, 0) is 0 Å². The van der Waals surface area contributed by atoms with Crippen molar-refractivity contribution in [2.45, 2.75) is 32.4 Å². The number of nitrogens with zero attached hydrogens (tertiary/aromatic N) is 4. The second kappa shape index (κ2) is 10.0. The van der Waals surface area contributed by atoms with Crippen LogP contribution in [0.25, 0.3) is 5.69 Å². The van der Waals surface area contributed by atoms with Crippen LogP contribution in [0.3, 0.4) is 0 Å². The van der Waals surface area contributed by atoms with Gasteiger partial charge in [0, 0.05) is 24.1 Å². The lowest BCUT2D eigenvalue weighted by Crippen LogP contribution is -2.32. The third kappa shape index (κ3) is 4.76. The van der Waals surface area contributed by atoms with Crippen molar-refractivity contribution in [1.82, 2.24) is 24.7 Å². The van der Waals surface area contributed by atoms with Gasteiger partial charge in [-0.05, 0) is 89.0 Å². The molecule has 1 N–H and O–H groups in total. The van der Waals surface area contributed by atoms with Gasteiger partial charge in [-0.1, -0.05) is 35.3 Å². The van der Waals surface area contributed by atoms with Crippen molar-refractivity contribution in [2.75, 3.05) is 27.2 Å². The number of pyridine rings is 1. The number of nitrogens with one attached hydrogen (secondary N) is 1. The van der Waals surface area contributed by atoms with E-state index in [1.165, 1.54) is 5.56 Å². The number of halogens is 2. The molecule has 0 unspecified atom stereocenters. The summed E-state index contributed by atoms with van der Waals surface area (Å²) in [5.74, 6) is 0. The zero-order valence-corrected chi connectivity index (χ0v) is 21.7. The zero-order chi connectivity index (χ0) is 23.7. The standard InChI is InChI=1S/C25H29Cl2N5S/c1-16-15-18(17(2)32(16)21-11-7-9-19(26)22(21)27)24-23(20-10-5-6-12-28-20)29-25(33)31(24)14-8-13-30(3)4/h5-7,9-12,15,23-24H,8,13-14H2,1-4H3,(H,29,33)/t23-,24-/m1/s1. The minimum atomic E-state index is -0.0400. The second-order valence-electron chi connectivity index (χ2n) is 8.71. The van der Waals surface area contributed by atoms with Crippen molar-refractivity contribution < 1.29 is 0 Å². The lowest BCUT2D eigenvalue weighted by atomic mass is 9.96.